The van der Waals surface area contributed by atoms with Gasteiger partial charge in [-0.05, 0) is 31.5 Å². The van der Waals surface area contributed by atoms with Crippen molar-refractivity contribution in [3.63, 3.8) is 0 Å². The number of benzene rings is 1. The Balaban J connectivity index is 2.71. The second-order valence-electron chi connectivity index (χ2n) is 2.62. The van der Waals surface area contributed by atoms with Gasteiger partial charge in [-0.3, -0.25) is 0 Å². The van der Waals surface area contributed by atoms with Crippen molar-refractivity contribution in [3.8, 4) is 5.75 Å². The molecule has 0 aliphatic rings. The minimum absolute atomic E-state index is 0.0701. The van der Waals surface area contributed by atoms with E-state index >= 15 is 0 Å². The Kier molecular flexibility index (Phi) is 3.42. The third-order valence-corrected chi connectivity index (χ3v) is 1.90. The monoisotopic (exact) mass is 184 g/mol. The summed E-state index contributed by atoms with van der Waals surface area (Å²) < 4.78 is 5.30. The van der Waals surface area contributed by atoms with Gasteiger partial charge in [-0.1, -0.05) is 12.1 Å². The van der Waals surface area contributed by atoms with E-state index in [1.165, 1.54) is 0 Å². The smallest absolute Gasteiger partial charge is 0.119 e. The predicted octanol–water partition coefficient (Wildman–Crippen LogP) is 3.39. The molecular weight excluding hydrogens is 172 g/mol. The van der Waals surface area contributed by atoms with Gasteiger partial charge < -0.3 is 4.74 Å². The summed E-state index contributed by atoms with van der Waals surface area (Å²) in [5, 5.41) is 0.0701. The average molecular weight is 185 g/mol. The van der Waals surface area contributed by atoms with Gasteiger partial charge >= 0.3 is 0 Å². The molecule has 0 bridgehead atoms. The largest absolute Gasteiger partial charge is 0.494 e. The normalized spacial score (nSPS) is 12.6. The fourth-order valence-electron chi connectivity index (χ4n) is 0.996. The van der Waals surface area contributed by atoms with Gasteiger partial charge in [0.05, 0.1) is 12.0 Å². The molecule has 12 heavy (non-hydrogen) atoms. The molecule has 1 aromatic rings. The second kappa shape index (κ2) is 4.36. The highest BCUT2D eigenvalue weighted by molar-refractivity contribution is 6.20. The van der Waals surface area contributed by atoms with E-state index in [4.69, 9.17) is 16.3 Å². The number of halogens is 1. The topological polar surface area (TPSA) is 9.23 Å². The van der Waals surface area contributed by atoms with Crippen LogP contribution in [0.25, 0.3) is 0 Å². The van der Waals surface area contributed by atoms with Gasteiger partial charge in [0.2, 0.25) is 0 Å². The van der Waals surface area contributed by atoms with Gasteiger partial charge in [0.1, 0.15) is 5.75 Å². The first-order valence-electron chi connectivity index (χ1n) is 4.11. The number of alkyl halides is 1. The lowest BCUT2D eigenvalue weighted by molar-refractivity contribution is 0.340. The summed E-state index contributed by atoms with van der Waals surface area (Å²) in [6.45, 7) is 4.63. The van der Waals surface area contributed by atoms with E-state index in [9.17, 15) is 0 Å². The maximum Gasteiger partial charge on any atom is 0.119 e. The average Bonchev–Trinajstić information content (AvgIpc) is 2.06. The summed E-state index contributed by atoms with van der Waals surface area (Å²) in [5.41, 5.74) is 1.13. The van der Waals surface area contributed by atoms with Gasteiger partial charge in [0, 0.05) is 0 Å². The Morgan fingerprint density at radius 3 is 2.33 bits per heavy atom. The Bertz CT molecular complexity index is 228. The summed E-state index contributed by atoms with van der Waals surface area (Å²) in [7, 11) is 0. The van der Waals surface area contributed by atoms with Gasteiger partial charge in [-0.15, -0.1) is 11.6 Å². The number of ether oxygens (including phenoxy) is 1. The summed E-state index contributed by atoms with van der Waals surface area (Å²) in [6, 6.07) is 7.86. The second-order valence-corrected chi connectivity index (χ2v) is 3.27. The molecule has 0 spiro atoms. The molecule has 0 heterocycles. The standard InChI is InChI=1S/C10H13ClO/c1-3-12-10-6-4-9(5-7-10)8(2)11/h4-8H,3H2,1-2H3. The van der Waals surface area contributed by atoms with Crippen LogP contribution in [0, 0.1) is 0 Å². The molecule has 1 rings (SSSR count). The number of rotatable bonds is 3. The van der Waals surface area contributed by atoms with Gasteiger partial charge in [0.15, 0.2) is 0 Å². The number of hydrogen-bond donors (Lipinski definition) is 0. The molecule has 0 saturated heterocycles. The van der Waals surface area contributed by atoms with Crippen molar-refractivity contribution in [1.82, 2.24) is 0 Å². The van der Waals surface area contributed by atoms with Gasteiger partial charge in [-0.2, -0.15) is 0 Å². The zero-order chi connectivity index (χ0) is 8.97. The van der Waals surface area contributed by atoms with E-state index in [0.717, 1.165) is 11.3 Å². The van der Waals surface area contributed by atoms with Crippen molar-refractivity contribution in [1.29, 1.82) is 0 Å². The molecule has 1 nitrogen and oxygen atoms in total. The van der Waals surface area contributed by atoms with Crippen molar-refractivity contribution in [3.05, 3.63) is 29.8 Å². The molecule has 1 unspecified atom stereocenters. The van der Waals surface area contributed by atoms with E-state index in [1.807, 2.05) is 38.1 Å². The summed E-state index contributed by atoms with van der Waals surface area (Å²) in [6.07, 6.45) is 0. The van der Waals surface area contributed by atoms with E-state index in [1.54, 1.807) is 0 Å². The third kappa shape index (κ3) is 2.42. The molecule has 66 valence electrons. The Morgan fingerprint density at radius 1 is 1.33 bits per heavy atom. The summed E-state index contributed by atoms with van der Waals surface area (Å²) in [5.74, 6) is 0.901. The molecular formula is C10H13ClO. The summed E-state index contributed by atoms with van der Waals surface area (Å²) >= 11 is 5.89. The first-order chi connectivity index (χ1) is 5.74. The van der Waals surface area contributed by atoms with E-state index in [-0.39, 0.29) is 5.38 Å². The quantitative estimate of drug-likeness (QED) is 0.655. The Hall–Kier alpha value is -0.690. The van der Waals surface area contributed by atoms with Crippen LogP contribution in [0.4, 0.5) is 0 Å². The van der Waals surface area contributed by atoms with Crippen LogP contribution in [0.1, 0.15) is 24.8 Å². The molecule has 0 aromatic heterocycles. The molecule has 0 fully saturated rings. The van der Waals surface area contributed by atoms with Crippen LogP contribution in [-0.2, 0) is 0 Å². The zero-order valence-electron chi connectivity index (χ0n) is 7.38. The van der Waals surface area contributed by atoms with Crippen LogP contribution < -0.4 is 4.74 Å². The maximum absolute atomic E-state index is 5.89. The Morgan fingerprint density at radius 2 is 1.92 bits per heavy atom. The fourth-order valence-corrected chi connectivity index (χ4v) is 1.14. The van der Waals surface area contributed by atoms with Crippen LogP contribution in [-0.4, -0.2) is 6.61 Å². The lowest BCUT2D eigenvalue weighted by Gasteiger charge is -2.05. The van der Waals surface area contributed by atoms with Crippen molar-refractivity contribution < 1.29 is 4.74 Å². The molecule has 0 amide bonds. The minimum atomic E-state index is 0.0701. The van der Waals surface area contributed by atoms with E-state index < -0.39 is 0 Å². The van der Waals surface area contributed by atoms with Crippen LogP contribution in [0.15, 0.2) is 24.3 Å². The predicted molar refractivity (Wildman–Crippen MR) is 51.9 cm³/mol. The minimum Gasteiger partial charge on any atom is -0.494 e. The SMILES string of the molecule is CCOc1ccc(C(C)Cl)cc1. The lowest BCUT2D eigenvalue weighted by atomic mass is 10.2. The summed E-state index contributed by atoms with van der Waals surface area (Å²) in [4.78, 5) is 0. The van der Waals surface area contributed by atoms with Gasteiger partial charge in [0.25, 0.3) is 0 Å². The first kappa shape index (κ1) is 9.40. The van der Waals surface area contributed by atoms with Crippen molar-refractivity contribution in [2.45, 2.75) is 19.2 Å². The lowest BCUT2D eigenvalue weighted by Crippen LogP contribution is -1.91. The first-order valence-corrected chi connectivity index (χ1v) is 4.54. The van der Waals surface area contributed by atoms with E-state index in [2.05, 4.69) is 0 Å². The number of hydrogen-bond acceptors (Lipinski definition) is 1. The van der Waals surface area contributed by atoms with Crippen molar-refractivity contribution >= 4 is 11.6 Å². The van der Waals surface area contributed by atoms with Crippen LogP contribution in [0.3, 0.4) is 0 Å². The molecule has 1 aromatic carbocycles. The molecule has 0 N–H and O–H groups in total. The third-order valence-electron chi connectivity index (χ3n) is 1.65. The van der Waals surface area contributed by atoms with Crippen LogP contribution >= 0.6 is 11.6 Å². The highest BCUT2D eigenvalue weighted by Crippen LogP contribution is 2.21. The van der Waals surface area contributed by atoms with Gasteiger partial charge in [-0.25, -0.2) is 0 Å². The highest BCUT2D eigenvalue weighted by atomic mass is 35.5. The van der Waals surface area contributed by atoms with E-state index in [0.29, 0.717) is 6.61 Å². The molecule has 0 radical (unpaired) electrons. The van der Waals surface area contributed by atoms with Crippen LogP contribution in [0.5, 0.6) is 5.75 Å². The molecule has 0 aliphatic carbocycles. The van der Waals surface area contributed by atoms with Crippen LogP contribution in [0.2, 0.25) is 0 Å². The zero-order valence-corrected chi connectivity index (χ0v) is 8.14. The highest BCUT2D eigenvalue weighted by Gasteiger charge is 1.99. The van der Waals surface area contributed by atoms with Crippen molar-refractivity contribution in [2.75, 3.05) is 6.61 Å². The molecule has 0 saturated carbocycles. The Labute approximate surface area is 78.3 Å². The van der Waals surface area contributed by atoms with Crippen molar-refractivity contribution in [2.24, 2.45) is 0 Å². The molecule has 0 aliphatic heterocycles. The fraction of sp³-hybridized carbons (Fsp3) is 0.400. The molecule has 2 heteroatoms. The molecule has 1 atom stereocenters. The maximum atomic E-state index is 5.89.